The number of rotatable bonds is 12. The van der Waals surface area contributed by atoms with Crippen molar-refractivity contribution in [3.05, 3.63) is 101 Å². The summed E-state index contributed by atoms with van der Waals surface area (Å²) in [4.78, 5) is 28.6. The molecule has 0 aliphatic heterocycles. The minimum Gasteiger partial charge on any atom is -0.494 e. The molecule has 0 radical (unpaired) electrons. The van der Waals surface area contributed by atoms with E-state index in [2.05, 4.69) is 21.2 Å². The largest absolute Gasteiger partial charge is 0.494 e. The van der Waals surface area contributed by atoms with Gasteiger partial charge < -0.3 is 15.0 Å². The van der Waals surface area contributed by atoms with Gasteiger partial charge in [0.05, 0.1) is 6.61 Å². The van der Waals surface area contributed by atoms with Gasteiger partial charge in [-0.3, -0.25) is 9.59 Å². The van der Waals surface area contributed by atoms with Crippen LogP contribution in [0.4, 0.5) is 0 Å². The van der Waals surface area contributed by atoms with Gasteiger partial charge in [-0.2, -0.15) is 0 Å². The number of amides is 2. The number of para-hydroxylation sites is 1. The van der Waals surface area contributed by atoms with E-state index in [0.717, 1.165) is 21.3 Å². The maximum Gasteiger partial charge on any atom is 0.243 e. The van der Waals surface area contributed by atoms with Crippen molar-refractivity contribution in [3.8, 4) is 5.75 Å². The predicted molar refractivity (Wildman–Crippen MR) is 143 cm³/mol. The van der Waals surface area contributed by atoms with Crippen molar-refractivity contribution in [2.45, 2.75) is 51.7 Å². The Labute approximate surface area is 216 Å². The second-order valence-electron chi connectivity index (χ2n) is 8.78. The standard InChI is InChI=1S/C29H33BrN2O3/c1-22(2)31-29(34)27(20-23-10-5-3-6-11-23)32(21-24-15-17-25(30)18-16-24)28(33)14-9-19-35-26-12-7-4-8-13-26/h3-8,10-13,15-18,22,27H,9,14,19-21H2,1-2H3,(H,31,34). The number of carbonyl (C=O) groups is 2. The first-order valence-corrected chi connectivity index (χ1v) is 12.8. The summed E-state index contributed by atoms with van der Waals surface area (Å²) in [6, 6.07) is 26.6. The zero-order valence-electron chi connectivity index (χ0n) is 20.3. The lowest BCUT2D eigenvalue weighted by molar-refractivity contribution is -0.141. The third-order valence-corrected chi connectivity index (χ3v) is 6.04. The van der Waals surface area contributed by atoms with Crippen molar-refractivity contribution >= 4 is 27.7 Å². The maximum atomic E-state index is 13.5. The van der Waals surface area contributed by atoms with Gasteiger partial charge in [-0.15, -0.1) is 0 Å². The molecule has 0 aromatic heterocycles. The highest BCUT2D eigenvalue weighted by Gasteiger charge is 2.30. The number of benzene rings is 3. The Hall–Kier alpha value is -3.12. The number of nitrogens with one attached hydrogen (secondary N) is 1. The molecule has 5 nitrogen and oxygen atoms in total. The Kier molecular flexibility index (Phi) is 10.4. The van der Waals surface area contributed by atoms with Gasteiger partial charge in [0.2, 0.25) is 11.8 Å². The topological polar surface area (TPSA) is 58.6 Å². The molecule has 1 unspecified atom stereocenters. The molecule has 3 rings (SSSR count). The van der Waals surface area contributed by atoms with Crippen molar-refractivity contribution in [2.75, 3.05) is 6.61 Å². The molecular weight excluding hydrogens is 504 g/mol. The minimum absolute atomic E-state index is 0.0234. The van der Waals surface area contributed by atoms with Gasteiger partial charge in [-0.25, -0.2) is 0 Å². The summed E-state index contributed by atoms with van der Waals surface area (Å²) in [7, 11) is 0. The molecule has 6 heteroatoms. The molecule has 0 spiro atoms. The van der Waals surface area contributed by atoms with Crippen molar-refractivity contribution < 1.29 is 14.3 Å². The monoisotopic (exact) mass is 536 g/mol. The summed E-state index contributed by atoms with van der Waals surface area (Å²) >= 11 is 3.47. The molecule has 0 heterocycles. The fourth-order valence-electron chi connectivity index (χ4n) is 3.79. The quantitative estimate of drug-likeness (QED) is 0.299. The summed E-state index contributed by atoms with van der Waals surface area (Å²) in [6.45, 7) is 4.65. The van der Waals surface area contributed by atoms with E-state index in [1.165, 1.54) is 0 Å². The molecule has 0 aliphatic rings. The molecule has 35 heavy (non-hydrogen) atoms. The summed E-state index contributed by atoms with van der Waals surface area (Å²) in [5.41, 5.74) is 1.98. The highest BCUT2D eigenvalue weighted by molar-refractivity contribution is 9.10. The first-order valence-electron chi connectivity index (χ1n) is 12.0. The van der Waals surface area contributed by atoms with E-state index in [9.17, 15) is 9.59 Å². The predicted octanol–water partition coefficient (Wildman–Crippen LogP) is 5.77. The van der Waals surface area contributed by atoms with Crippen LogP contribution >= 0.6 is 15.9 Å². The molecule has 2 amide bonds. The molecule has 0 aliphatic carbocycles. The van der Waals surface area contributed by atoms with Crippen LogP contribution in [0.1, 0.15) is 37.8 Å². The minimum atomic E-state index is -0.619. The van der Waals surface area contributed by atoms with Crippen LogP contribution in [-0.2, 0) is 22.6 Å². The van der Waals surface area contributed by atoms with E-state index in [1.807, 2.05) is 98.8 Å². The van der Waals surface area contributed by atoms with E-state index in [4.69, 9.17) is 4.74 Å². The number of nitrogens with zero attached hydrogens (tertiary/aromatic N) is 1. The first-order chi connectivity index (χ1) is 16.9. The van der Waals surface area contributed by atoms with E-state index in [-0.39, 0.29) is 17.9 Å². The zero-order chi connectivity index (χ0) is 25.0. The van der Waals surface area contributed by atoms with Crippen molar-refractivity contribution in [1.82, 2.24) is 10.2 Å². The van der Waals surface area contributed by atoms with Gasteiger partial charge in [0.1, 0.15) is 11.8 Å². The first kappa shape index (κ1) is 26.5. The summed E-state index contributed by atoms with van der Waals surface area (Å²) in [5, 5.41) is 3.02. The van der Waals surface area contributed by atoms with Crippen molar-refractivity contribution in [3.63, 3.8) is 0 Å². The molecule has 3 aromatic rings. The van der Waals surface area contributed by atoms with Gasteiger partial charge in [0.15, 0.2) is 0 Å². The van der Waals surface area contributed by atoms with Gasteiger partial charge in [-0.1, -0.05) is 76.6 Å². The van der Waals surface area contributed by atoms with Gasteiger partial charge in [0, 0.05) is 29.9 Å². The fourth-order valence-corrected chi connectivity index (χ4v) is 4.06. The Morgan fingerprint density at radius 2 is 1.51 bits per heavy atom. The number of carbonyl (C=O) groups excluding carboxylic acids is 2. The lowest BCUT2D eigenvalue weighted by Crippen LogP contribution is -2.51. The van der Waals surface area contributed by atoms with Crippen LogP contribution < -0.4 is 10.1 Å². The van der Waals surface area contributed by atoms with Crippen LogP contribution in [0.5, 0.6) is 5.75 Å². The molecule has 0 bridgehead atoms. The highest BCUT2D eigenvalue weighted by atomic mass is 79.9. The van der Waals surface area contributed by atoms with Gasteiger partial charge >= 0.3 is 0 Å². The molecule has 1 N–H and O–H groups in total. The third kappa shape index (κ3) is 8.87. The van der Waals surface area contributed by atoms with Gasteiger partial charge in [-0.05, 0) is 55.7 Å². The lowest BCUT2D eigenvalue weighted by atomic mass is 10.0. The molecule has 3 aromatic carbocycles. The molecule has 0 fully saturated rings. The summed E-state index contributed by atoms with van der Waals surface area (Å²) in [5.74, 6) is 0.573. The Morgan fingerprint density at radius 1 is 0.886 bits per heavy atom. The molecule has 0 saturated carbocycles. The van der Waals surface area contributed by atoms with Crippen LogP contribution in [0, 0.1) is 0 Å². The molecular formula is C29H33BrN2O3. The van der Waals surface area contributed by atoms with Crippen LogP contribution in [0.25, 0.3) is 0 Å². The second kappa shape index (κ2) is 13.7. The SMILES string of the molecule is CC(C)NC(=O)C(Cc1ccccc1)N(Cc1ccc(Br)cc1)C(=O)CCCOc1ccccc1. The van der Waals surface area contributed by atoms with E-state index < -0.39 is 6.04 Å². The Morgan fingerprint density at radius 3 is 2.14 bits per heavy atom. The van der Waals surface area contributed by atoms with Crippen molar-refractivity contribution in [1.29, 1.82) is 0 Å². The average Bonchev–Trinajstić information content (AvgIpc) is 2.86. The summed E-state index contributed by atoms with van der Waals surface area (Å²) < 4.78 is 6.74. The van der Waals surface area contributed by atoms with Crippen LogP contribution in [0.2, 0.25) is 0 Å². The highest BCUT2D eigenvalue weighted by Crippen LogP contribution is 2.19. The molecule has 184 valence electrons. The van der Waals surface area contributed by atoms with Crippen LogP contribution in [0.3, 0.4) is 0 Å². The van der Waals surface area contributed by atoms with E-state index >= 15 is 0 Å². The maximum absolute atomic E-state index is 13.5. The average molecular weight is 537 g/mol. The van der Waals surface area contributed by atoms with E-state index in [1.54, 1.807) is 4.90 Å². The lowest BCUT2D eigenvalue weighted by Gasteiger charge is -2.32. The van der Waals surface area contributed by atoms with Crippen LogP contribution in [0.15, 0.2) is 89.4 Å². The van der Waals surface area contributed by atoms with E-state index in [0.29, 0.717) is 32.4 Å². The Bertz CT molecular complexity index is 1060. The Balaban J connectivity index is 1.78. The van der Waals surface area contributed by atoms with Crippen LogP contribution in [-0.4, -0.2) is 35.4 Å². The zero-order valence-corrected chi connectivity index (χ0v) is 21.9. The third-order valence-electron chi connectivity index (χ3n) is 5.52. The summed E-state index contributed by atoms with van der Waals surface area (Å²) in [6.07, 6.45) is 1.31. The fraction of sp³-hybridized carbons (Fsp3) is 0.310. The van der Waals surface area contributed by atoms with Crippen molar-refractivity contribution in [2.24, 2.45) is 0 Å². The normalized spacial score (nSPS) is 11.7. The number of hydrogen-bond donors (Lipinski definition) is 1. The number of halogens is 1. The smallest absolute Gasteiger partial charge is 0.243 e. The second-order valence-corrected chi connectivity index (χ2v) is 9.70. The molecule has 0 saturated heterocycles. The number of hydrogen-bond acceptors (Lipinski definition) is 3. The molecule has 1 atom stereocenters. The van der Waals surface area contributed by atoms with Gasteiger partial charge in [0.25, 0.3) is 0 Å². The number of ether oxygens (including phenoxy) is 1.